The standard InChI is InChI=1S/C17H22N4O2S/c1-12-5-3-4-10-21(12)15(23)11-24-17-19-18-16(20(17)2)13-6-8-14(22)9-7-13/h6-9,12,22H,3-5,10-11H2,1-2H3/t12-/m0/s1. The third-order valence-corrected chi connectivity index (χ3v) is 5.41. The van der Waals surface area contributed by atoms with Gasteiger partial charge in [-0.2, -0.15) is 0 Å². The summed E-state index contributed by atoms with van der Waals surface area (Å²) in [6.45, 7) is 2.98. The van der Waals surface area contributed by atoms with E-state index in [0.29, 0.717) is 11.8 Å². The van der Waals surface area contributed by atoms with Crippen LogP contribution >= 0.6 is 11.8 Å². The number of aromatic hydroxyl groups is 1. The predicted octanol–water partition coefficient (Wildman–Crippen LogP) is 2.68. The van der Waals surface area contributed by atoms with Crippen LogP contribution < -0.4 is 0 Å². The maximum Gasteiger partial charge on any atom is 0.233 e. The number of phenolic OH excluding ortho intramolecular Hbond substituents is 1. The number of hydrogen-bond acceptors (Lipinski definition) is 5. The number of thioether (sulfide) groups is 1. The summed E-state index contributed by atoms with van der Waals surface area (Å²) >= 11 is 1.42. The van der Waals surface area contributed by atoms with E-state index in [-0.39, 0.29) is 11.7 Å². The van der Waals surface area contributed by atoms with Gasteiger partial charge in [-0.05, 0) is 50.5 Å². The number of phenols is 1. The lowest BCUT2D eigenvalue weighted by molar-refractivity contribution is -0.131. The minimum Gasteiger partial charge on any atom is -0.508 e. The van der Waals surface area contributed by atoms with Gasteiger partial charge in [0.1, 0.15) is 5.75 Å². The highest BCUT2D eigenvalue weighted by molar-refractivity contribution is 7.99. The molecule has 3 rings (SSSR count). The number of carbonyl (C=O) groups excluding carboxylic acids is 1. The second-order valence-corrected chi connectivity index (χ2v) is 7.08. The SMILES string of the molecule is C[C@H]1CCCCN1C(=O)CSc1nnc(-c2ccc(O)cc2)n1C. The molecule has 1 fully saturated rings. The van der Waals surface area contributed by atoms with Gasteiger partial charge in [0.15, 0.2) is 11.0 Å². The molecule has 0 saturated carbocycles. The maximum atomic E-state index is 12.4. The Kier molecular flexibility index (Phi) is 5.08. The first kappa shape index (κ1) is 16.8. The Morgan fingerprint density at radius 2 is 2.04 bits per heavy atom. The van der Waals surface area contributed by atoms with Gasteiger partial charge in [-0.15, -0.1) is 10.2 Å². The first-order valence-corrected chi connectivity index (χ1v) is 9.16. The fourth-order valence-electron chi connectivity index (χ4n) is 2.98. The summed E-state index contributed by atoms with van der Waals surface area (Å²) in [5.74, 6) is 1.49. The van der Waals surface area contributed by atoms with E-state index in [2.05, 4.69) is 17.1 Å². The van der Waals surface area contributed by atoms with Crippen LogP contribution in [0.25, 0.3) is 11.4 Å². The van der Waals surface area contributed by atoms with E-state index in [1.807, 2.05) is 16.5 Å². The molecule has 1 aromatic carbocycles. The van der Waals surface area contributed by atoms with Crippen molar-refractivity contribution >= 4 is 17.7 Å². The largest absolute Gasteiger partial charge is 0.508 e. The van der Waals surface area contributed by atoms with Crippen molar-refractivity contribution in [2.75, 3.05) is 12.3 Å². The number of rotatable bonds is 4. The number of piperidine rings is 1. The van der Waals surface area contributed by atoms with Gasteiger partial charge in [0.25, 0.3) is 0 Å². The zero-order valence-electron chi connectivity index (χ0n) is 14.0. The molecule has 0 aliphatic carbocycles. The van der Waals surface area contributed by atoms with Crippen molar-refractivity contribution in [3.63, 3.8) is 0 Å². The number of hydrogen-bond donors (Lipinski definition) is 1. The summed E-state index contributed by atoms with van der Waals surface area (Å²) in [5.41, 5.74) is 0.880. The number of nitrogens with zero attached hydrogens (tertiary/aromatic N) is 4. The molecule has 24 heavy (non-hydrogen) atoms. The van der Waals surface area contributed by atoms with Gasteiger partial charge >= 0.3 is 0 Å². The molecule has 0 spiro atoms. The highest BCUT2D eigenvalue weighted by atomic mass is 32.2. The number of amides is 1. The van der Waals surface area contributed by atoms with Crippen molar-refractivity contribution in [2.24, 2.45) is 7.05 Å². The lowest BCUT2D eigenvalue weighted by Crippen LogP contribution is -2.42. The molecule has 2 aromatic rings. The molecule has 0 radical (unpaired) electrons. The molecular weight excluding hydrogens is 324 g/mol. The minimum absolute atomic E-state index is 0.168. The van der Waals surface area contributed by atoms with Crippen molar-refractivity contribution < 1.29 is 9.90 Å². The summed E-state index contributed by atoms with van der Waals surface area (Å²) in [6, 6.07) is 7.18. The van der Waals surface area contributed by atoms with Gasteiger partial charge in [0, 0.05) is 25.2 Å². The number of benzene rings is 1. The molecular formula is C17H22N4O2S. The number of likely N-dealkylation sites (tertiary alicyclic amines) is 1. The quantitative estimate of drug-likeness (QED) is 0.862. The summed E-state index contributed by atoms with van der Waals surface area (Å²) in [7, 11) is 1.89. The second kappa shape index (κ2) is 7.25. The molecule has 1 aromatic heterocycles. The van der Waals surface area contributed by atoms with Gasteiger partial charge in [0.05, 0.1) is 5.75 Å². The Hall–Kier alpha value is -2.02. The van der Waals surface area contributed by atoms with Gasteiger partial charge < -0.3 is 14.6 Å². The molecule has 128 valence electrons. The molecule has 7 heteroatoms. The van der Waals surface area contributed by atoms with Crippen LogP contribution in [0, 0.1) is 0 Å². The van der Waals surface area contributed by atoms with E-state index in [1.165, 1.54) is 18.2 Å². The Balaban J connectivity index is 1.66. The summed E-state index contributed by atoms with van der Waals surface area (Å²) < 4.78 is 1.88. The van der Waals surface area contributed by atoms with Crippen LogP contribution in [0.3, 0.4) is 0 Å². The first-order valence-electron chi connectivity index (χ1n) is 8.17. The monoisotopic (exact) mass is 346 g/mol. The van der Waals surface area contributed by atoms with Gasteiger partial charge in [0.2, 0.25) is 5.91 Å². The van der Waals surface area contributed by atoms with Gasteiger partial charge in [-0.1, -0.05) is 11.8 Å². The van der Waals surface area contributed by atoms with Crippen molar-refractivity contribution in [3.05, 3.63) is 24.3 Å². The first-order chi connectivity index (χ1) is 11.6. The summed E-state index contributed by atoms with van der Waals surface area (Å²) in [5, 5.41) is 18.5. The summed E-state index contributed by atoms with van der Waals surface area (Å²) in [6.07, 6.45) is 3.39. The van der Waals surface area contributed by atoms with Crippen LogP contribution in [0.1, 0.15) is 26.2 Å². The predicted molar refractivity (Wildman–Crippen MR) is 93.9 cm³/mol. The molecule has 1 amide bonds. The van der Waals surface area contributed by atoms with Crippen molar-refractivity contribution in [2.45, 2.75) is 37.4 Å². The molecule has 1 aliphatic heterocycles. The number of aromatic nitrogens is 3. The molecule has 2 heterocycles. The average molecular weight is 346 g/mol. The Bertz CT molecular complexity index is 714. The van der Waals surface area contributed by atoms with Crippen LogP contribution in [0.2, 0.25) is 0 Å². The van der Waals surface area contributed by atoms with E-state index in [4.69, 9.17) is 0 Å². The van der Waals surface area contributed by atoms with E-state index in [0.717, 1.165) is 35.9 Å². The van der Waals surface area contributed by atoms with E-state index >= 15 is 0 Å². The molecule has 1 atom stereocenters. The molecule has 0 bridgehead atoms. The molecule has 6 nitrogen and oxygen atoms in total. The fraction of sp³-hybridized carbons (Fsp3) is 0.471. The lowest BCUT2D eigenvalue weighted by atomic mass is 10.0. The molecule has 1 saturated heterocycles. The van der Waals surface area contributed by atoms with Gasteiger partial charge in [-0.3, -0.25) is 4.79 Å². The van der Waals surface area contributed by atoms with Crippen molar-refractivity contribution in [1.82, 2.24) is 19.7 Å². The highest BCUT2D eigenvalue weighted by Crippen LogP contribution is 2.25. The third kappa shape index (κ3) is 3.56. The van der Waals surface area contributed by atoms with E-state index in [1.54, 1.807) is 24.3 Å². The molecule has 0 unspecified atom stereocenters. The topological polar surface area (TPSA) is 71.2 Å². The second-order valence-electron chi connectivity index (χ2n) is 6.13. The van der Waals surface area contributed by atoms with Crippen LogP contribution in [-0.2, 0) is 11.8 Å². The molecule has 1 aliphatic rings. The maximum absolute atomic E-state index is 12.4. The summed E-state index contributed by atoms with van der Waals surface area (Å²) in [4.78, 5) is 14.4. The van der Waals surface area contributed by atoms with Crippen LogP contribution in [0.4, 0.5) is 0 Å². The third-order valence-electron chi connectivity index (χ3n) is 4.41. The van der Waals surface area contributed by atoms with Crippen LogP contribution in [-0.4, -0.2) is 49.0 Å². The van der Waals surface area contributed by atoms with Crippen molar-refractivity contribution in [3.8, 4) is 17.1 Å². The Morgan fingerprint density at radius 1 is 1.29 bits per heavy atom. The smallest absolute Gasteiger partial charge is 0.233 e. The van der Waals surface area contributed by atoms with Crippen LogP contribution in [0.5, 0.6) is 5.75 Å². The Labute approximate surface area is 145 Å². The van der Waals surface area contributed by atoms with Gasteiger partial charge in [-0.25, -0.2) is 0 Å². The van der Waals surface area contributed by atoms with Crippen molar-refractivity contribution in [1.29, 1.82) is 0 Å². The van der Waals surface area contributed by atoms with E-state index < -0.39 is 0 Å². The highest BCUT2D eigenvalue weighted by Gasteiger charge is 2.23. The minimum atomic E-state index is 0.168. The lowest BCUT2D eigenvalue weighted by Gasteiger charge is -2.33. The number of carbonyl (C=O) groups is 1. The van der Waals surface area contributed by atoms with E-state index in [9.17, 15) is 9.90 Å². The normalized spacial score (nSPS) is 17.9. The average Bonchev–Trinajstić information content (AvgIpc) is 2.95. The van der Waals surface area contributed by atoms with Crippen LogP contribution in [0.15, 0.2) is 29.4 Å². The zero-order chi connectivity index (χ0) is 17.1. The molecule has 1 N–H and O–H groups in total. The Morgan fingerprint density at radius 3 is 2.75 bits per heavy atom. The zero-order valence-corrected chi connectivity index (χ0v) is 14.8. The fourth-order valence-corrected chi connectivity index (χ4v) is 3.78.